The summed E-state index contributed by atoms with van der Waals surface area (Å²) in [6.07, 6.45) is 2.64. The monoisotopic (exact) mass is 820 g/mol. The van der Waals surface area contributed by atoms with Crippen molar-refractivity contribution in [2.24, 2.45) is 5.92 Å². The Bertz CT molecular complexity index is 1920. The van der Waals surface area contributed by atoms with E-state index in [0.717, 1.165) is 25.2 Å². The van der Waals surface area contributed by atoms with Crippen LogP contribution in [-0.4, -0.2) is 62.9 Å². The fourth-order valence-corrected chi connectivity index (χ4v) is 6.85. The van der Waals surface area contributed by atoms with E-state index in [0.29, 0.717) is 16.5 Å². The molecule has 4 rings (SSSR count). The number of nitrogens with zero attached hydrogens (tertiary/aromatic N) is 1. The van der Waals surface area contributed by atoms with Crippen molar-refractivity contribution in [1.29, 1.82) is 0 Å². The average Bonchev–Trinajstić information content (AvgIpc) is 3.87. The quantitative estimate of drug-likeness (QED) is 0.0891. The molecule has 0 saturated heterocycles. The number of hydrogen-bond acceptors (Lipinski definition) is 12. The number of carbonyl (C=O) groups excluding carboxylic acids is 3. The van der Waals surface area contributed by atoms with Crippen LogP contribution in [0.5, 0.6) is 17.2 Å². The molecule has 0 aliphatic heterocycles. The first kappa shape index (κ1) is 41.7. The van der Waals surface area contributed by atoms with Crippen LogP contribution in [0, 0.1) is 11.1 Å². The molecule has 2 aromatic carbocycles. The molecule has 1 N–H and O–H groups in total. The van der Waals surface area contributed by atoms with Gasteiger partial charge in [0, 0.05) is 17.5 Å². The normalized spacial score (nSPS) is 13.6. The van der Waals surface area contributed by atoms with E-state index >= 15 is 0 Å². The molecule has 0 amide bonds. The summed E-state index contributed by atoms with van der Waals surface area (Å²) < 4.78 is 80.8. The minimum Gasteiger partial charge on any atom is -0.619 e. The summed E-state index contributed by atoms with van der Waals surface area (Å²) >= 11 is 13.2. The maximum Gasteiger partial charge on any atom is 0.387 e. The van der Waals surface area contributed by atoms with E-state index in [9.17, 15) is 36.8 Å². The lowest BCUT2D eigenvalue weighted by molar-refractivity contribution is -0.605. The first-order valence-corrected chi connectivity index (χ1v) is 19.3. The minimum absolute atomic E-state index is 0.0139. The summed E-state index contributed by atoms with van der Waals surface area (Å²) in [5.74, 6) is -3.32. The molecule has 13 nitrogen and oxygen atoms in total. The lowest BCUT2D eigenvalue weighted by Crippen LogP contribution is -2.30. The van der Waals surface area contributed by atoms with Crippen LogP contribution < -0.4 is 23.7 Å². The maximum absolute atomic E-state index is 13.2. The van der Waals surface area contributed by atoms with Crippen LogP contribution in [0.4, 0.5) is 14.5 Å². The average molecular weight is 822 g/mol. The van der Waals surface area contributed by atoms with Crippen molar-refractivity contribution in [2.45, 2.75) is 58.4 Å². The Morgan fingerprint density at radius 3 is 2.28 bits per heavy atom. The number of thioether (sulfide) groups is 1. The van der Waals surface area contributed by atoms with E-state index in [4.69, 9.17) is 42.1 Å². The summed E-state index contributed by atoms with van der Waals surface area (Å²) in [5, 5.41) is 11.1. The number of rotatable bonds is 17. The summed E-state index contributed by atoms with van der Waals surface area (Å²) in [4.78, 5) is 38.5. The van der Waals surface area contributed by atoms with Crippen LogP contribution in [0.15, 0.2) is 48.8 Å². The van der Waals surface area contributed by atoms with Gasteiger partial charge < -0.3 is 28.9 Å². The number of hydrogen-bond donors (Lipinski definition) is 1. The number of esters is 2. The van der Waals surface area contributed by atoms with Crippen LogP contribution in [-0.2, 0) is 35.5 Å². The maximum atomic E-state index is 13.2. The predicted octanol–water partition coefficient (Wildman–Crippen LogP) is 6.51. The predicted molar refractivity (Wildman–Crippen MR) is 192 cm³/mol. The number of nitrogens with one attached hydrogen (secondary N) is 1. The Kier molecular flexibility index (Phi) is 14.0. The highest BCUT2D eigenvalue weighted by Gasteiger charge is 2.28. The van der Waals surface area contributed by atoms with Gasteiger partial charge in [-0.3, -0.25) is 19.1 Å². The molecule has 0 spiro atoms. The van der Waals surface area contributed by atoms with Crippen LogP contribution in [0.2, 0.25) is 10.0 Å². The third-order valence-electron chi connectivity index (χ3n) is 7.20. The van der Waals surface area contributed by atoms with Crippen molar-refractivity contribution in [2.75, 3.05) is 29.9 Å². The Labute approximate surface area is 318 Å². The van der Waals surface area contributed by atoms with Gasteiger partial charge in [-0.25, -0.2) is 8.42 Å². The SMILES string of the molecule is COc1ccc(C(=O)SCC(=O)O[C@@H](Cc2c(Cl)c[n+]([O-])cc2Cl)c2ccc(OC(F)F)c(OCC3CC3)c2)cc1NS(=O)(=O)CC(=O)OC(C)(C)C. The third kappa shape index (κ3) is 13.1. The lowest BCUT2D eigenvalue weighted by Gasteiger charge is -2.21. The summed E-state index contributed by atoms with van der Waals surface area (Å²) in [7, 11) is -3.01. The number of benzene rings is 2. The Morgan fingerprint density at radius 1 is 1.02 bits per heavy atom. The van der Waals surface area contributed by atoms with Gasteiger partial charge in [-0.15, -0.1) is 0 Å². The minimum atomic E-state index is -4.29. The second-order valence-electron chi connectivity index (χ2n) is 12.8. The van der Waals surface area contributed by atoms with Gasteiger partial charge in [0.05, 0.1) is 25.2 Å². The molecule has 3 aromatic rings. The van der Waals surface area contributed by atoms with Gasteiger partial charge in [-0.05, 0) is 75.4 Å². The zero-order valence-corrected chi connectivity index (χ0v) is 32.0. The Balaban J connectivity index is 1.52. The number of halogens is 4. The van der Waals surface area contributed by atoms with Gasteiger partial charge in [0.2, 0.25) is 15.1 Å². The third-order valence-corrected chi connectivity index (χ3v) is 9.87. The standard InChI is InChI=1S/C34H36Cl2F2N2O11S2/c1-34(2,3)51-31(42)18-53(45,46)39-25-11-21(8-9-26(25)47-4)32(43)52-17-30(41)49-28(13-22-23(35)14-40(44)15-24(22)36)20-7-10-27(50-33(37)38)29(12-20)48-16-19-5-6-19/h7-12,14-15,19,28,33,39H,5-6,13,16-18H2,1-4H3/t28-/m0/s1. The van der Waals surface area contributed by atoms with E-state index in [1.54, 1.807) is 20.8 Å². The number of aromatic nitrogens is 1. The van der Waals surface area contributed by atoms with Crippen molar-refractivity contribution in [3.63, 3.8) is 0 Å². The number of alkyl halides is 2. The summed E-state index contributed by atoms with van der Waals surface area (Å²) in [5.41, 5.74) is -0.543. The molecule has 1 fully saturated rings. The Hall–Kier alpha value is -4.06. The zero-order valence-electron chi connectivity index (χ0n) is 28.9. The molecule has 1 atom stereocenters. The van der Waals surface area contributed by atoms with E-state index in [-0.39, 0.29) is 68.6 Å². The van der Waals surface area contributed by atoms with Crippen molar-refractivity contribution in [1.82, 2.24) is 0 Å². The molecule has 1 saturated carbocycles. The second-order valence-corrected chi connectivity index (χ2v) is 16.2. The van der Waals surface area contributed by atoms with Crippen molar-refractivity contribution >= 4 is 67.7 Å². The van der Waals surface area contributed by atoms with Crippen LogP contribution in [0.25, 0.3) is 0 Å². The number of carbonyl (C=O) groups is 3. The van der Waals surface area contributed by atoms with Crippen LogP contribution in [0.3, 0.4) is 0 Å². The van der Waals surface area contributed by atoms with Gasteiger partial charge in [-0.2, -0.15) is 13.5 Å². The summed E-state index contributed by atoms with van der Waals surface area (Å²) in [6.45, 7) is 1.88. The van der Waals surface area contributed by atoms with Crippen molar-refractivity contribution < 1.29 is 60.0 Å². The van der Waals surface area contributed by atoms with Crippen molar-refractivity contribution in [3.05, 3.63) is 80.7 Å². The highest BCUT2D eigenvalue weighted by molar-refractivity contribution is 8.14. The van der Waals surface area contributed by atoms with E-state index in [1.165, 1.54) is 43.5 Å². The molecular formula is C34H36Cl2F2N2O11S2. The van der Waals surface area contributed by atoms with E-state index in [1.807, 2.05) is 0 Å². The molecule has 0 radical (unpaired) electrons. The molecule has 1 aromatic heterocycles. The van der Waals surface area contributed by atoms with Gasteiger partial charge in [-0.1, -0.05) is 41.0 Å². The number of pyridine rings is 1. The van der Waals surface area contributed by atoms with Gasteiger partial charge in [0.1, 0.15) is 27.5 Å². The fraction of sp³-hybridized carbons (Fsp3) is 0.412. The summed E-state index contributed by atoms with van der Waals surface area (Å²) in [6, 6.07) is 7.88. The molecule has 1 heterocycles. The first-order valence-electron chi connectivity index (χ1n) is 15.9. The first-order chi connectivity index (χ1) is 24.8. The zero-order chi connectivity index (χ0) is 39.1. The molecule has 0 unspecified atom stereocenters. The molecule has 1 aliphatic rings. The molecule has 53 heavy (non-hydrogen) atoms. The van der Waals surface area contributed by atoms with Gasteiger partial charge in [0.25, 0.3) is 0 Å². The number of anilines is 1. The molecule has 19 heteroatoms. The second kappa shape index (κ2) is 17.8. The van der Waals surface area contributed by atoms with Gasteiger partial charge >= 0.3 is 18.6 Å². The molecule has 0 bridgehead atoms. The molecular weight excluding hydrogens is 785 g/mol. The van der Waals surface area contributed by atoms with Crippen molar-refractivity contribution in [3.8, 4) is 17.2 Å². The molecule has 1 aliphatic carbocycles. The number of methoxy groups -OCH3 is 1. The fourth-order valence-electron chi connectivity index (χ4n) is 4.71. The van der Waals surface area contributed by atoms with Gasteiger partial charge in [0.15, 0.2) is 29.6 Å². The Morgan fingerprint density at radius 2 is 1.68 bits per heavy atom. The molecule has 288 valence electrons. The lowest BCUT2D eigenvalue weighted by atomic mass is 10.0. The highest BCUT2D eigenvalue weighted by Crippen LogP contribution is 2.38. The topological polar surface area (TPSA) is 170 Å². The smallest absolute Gasteiger partial charge is 0.387 e. The van der Waals surface area contributed by atoms with E-state index in [2.05, 4.69) is 9.46 Å². The number of sulfonamides is 1. The largest absolute Gasteiger partial charge is 0.619 e. The van der Waals surface area contributed by atoms with E-state index < -0.39 is 56.9 Å². The highest BCUT2D eigenvalue weighted by atomic mass is 35.5. The van der Waals surface area contributed by atoms with Crippen LogP contribution in [0.1, 0.15) is 61.2 Å². The number of ether oxygens (including phenoxy) is 5. The van der Waals surface area contributed by atoms with Crippen LogP contribution >= 0.6 is 35.0 Å².